The van der Waals surface area contributed by atoms with Crippen LogP contribution in [0.15, 0.2) is 0 Å². The third kappa shape index (κ3) is 6.00. The van der Waals surface area contributed by atoms with Gasteiger partial charge in [-0.25, -0.2) is 0 Å². The molecule has 0 aliphatic rings. The standard InChI is InChI=1S/C8H17NO2.Na.H/c1-3-4-5-6(2)7(9)8(10)11;;/h6-7H,3-5,9H2,1-2H3,(H,10,11);;. The first-order valence-electron chi connectivity index (χ1n) is 4.08. The van der Waals surface area contributed by atoms with Crippen molar-refractivity contribution in [3.8, 4) is 0 Å². The monoisotopic (exact) mass is 183 g/mol. The number of rotatable bonds is 5. The fourth-order valence-corrected chi connectivity index (χ4v) is 0.949. The molecule has 3 N–H and O–H groups in total. The average molecular weight is 183 g/mol. The Kier molecular flexibility index (Phi) is 10.0. The number of unbranched alkanes of at least 4 members (excludes halogenated alkanes) is 1. The molecule has 0 saturated heterocycles. The van der Waals surface area contributed by atoms with E-state index in [-0.39, 0.29) is 35.5 Å². The average Bonchev–Trinajstić information content (AvgIpc) is 1.98. The van der Waals surface area contributed by atoms with E-state index >= 15 is 0 Å². The van der Waals surface area contributed by atoms with Crippen LogP contribution in [0.5, 0.6) is 0 Å². The number of carboxylic acid groups (broad SMARTS) is 1. The molecule has 4 heteroatoms. The van der Waals surface area contributed by atoms with E-state index in [0.717, 1.165) is 19.3 Å². The number of carboxylic acids is 1. The van der Waals surface area contributed by atoms with Crippen LogP contribution in [0.2, 0.25) is 0 Å². The fourth-order valence-electron chi connectivity index (χ4n) is 0.949. The molecule has 0 rings (SSSR count). The molecule has 3 nitrogen and oxygen atoms in total. The number of hydrogen-bond acceptors (Lipinski definition) is 2. The summed E-state index contributed by atoms with van der Waals surface area (Å²) in [5.74, 6) is -0.805. The molecule has 0 fully saturated rings. The molecule has 0 spiro atoms. The quantitative estimate of drug-likeness (QED) is 0.613. The van der Waals surface area contributed by atoms with Crippen molar-refractivity contribution in [1.82, 2.24) is 0 Å². The summed E-state index contributed by atoms with van der Waals surface area (Å²) in [6.45, 7) is 3.97. The zero-order valence-corrected chi connectivity index (χ0v) is 7.21. The Hall–Kier alpha value is 0.430. The van der Waals surface area contributed by atoms with Gasteiger partial charge in [-0.15, -0.1) is 0 Å². The molecule has 0 bridgehead atoms. The second-order valence-electron chi connectivity index (χ2n) is 2.98. The van der Waals surface area contributed by atoms with Gasteiger partial charge in [0.1, 0.15) is 6.04 Å². The minimum absolute atomic E-state index is 0. The van der Waals surface area contributed by atoms with Crippen molar-refractivity contribution >= 4 is 35.5 Å². The summed E-state index contributed by atoms with van der Waals surface area (Å²) in [4.78, 5) is 10.4. The molecule has 0 aromatic heterocycles. The number of carbonyl (C=O) groups is 1. The maximum absolute atomic E-state index is 10.4. The van der Waals surface area contributed by atoms with E-state index in [1.165, 1.54) is 0 Å². The van der Waals surface area contributed by atoms with Gasteiger partial charge in [-0.2, -0.15) is 0 Å². The zero-order chi connectivity index (χ0) is 8.85. The molecule has 0 aliphatic heterocycles. The van der Waals surface area contributed by atoms with Crippen molar-refractivity contribution in [3.63, 3.8) is 0 Å². The Balaban J connectivity index is 0. The first-order chi connectivity index (χ1) is 5.09. The summed E-state index contributed by atoms with van der Waals surface area (Å²) >= 11 is 0. The van der Waals surface area contributed by atoms with Gasteiger partial charge >= 0.3 is 35.5 Å². The second kappa shape index (κ2) is 8.05. The van der Waals surface area contributed by atoms with Gasteiger partial charge in [0.05, 0.1) is 0 Å². The SMILES string of the molecule is CCCCC(C)C(N)C(=O)O.[NaH]. The van der Waals surface area contributed by atoms with Crippen LogP contribution >= 0.6 is 0 Å². The van der Waals surface area contributed by atoms with Crippen LogP contribution in [0.4, 0.5) is 0 Å². The Labute approximate surface area is 96.0 Å². The van der Waals surface area contributed by atoms with Gasteiger partial charge in [0.25, 0.3) is 0 Å². The molecule has 0 aliphatic carbocycles. The van der Waals surface area contributed by atoms with E-state index in [9.17, 15) is 4.79 Å². The molecule has 0 amide bonds. The molecule has 0 saturated carbocycles. The molecule has 0 aromatic rings. The van der Waals surface area contributed by atoms with Crippen LogP contribution in [0, 0.1) is 5.92 Å². The van der Waals surface area contributed by atoms with Crippen molar-refractivity contribution in [2.24, 2.45) is 11.7 Å². The summed E-state index contributed by atoms with van der Waals surface area (Å²) in [6.07, 6.45) is 3.06. The van der Waals surface area contributed by atoms with Crippen LogP contribution in [-0.4, -0.2) is 46.7 Å². The second-order valence-corrected chi connectivity index (χ2v) is 2.98. The van der Waals surface area contributed by atoms with Gasteiger partial charge in [-0.05, 0) is 12.3 Å². The molecule has 0 radical (unpaired) electrons. The first kappa shape index (κ1) is 14.9. The number of aliphatic carboxylic acids is 1. The van der Waals surface area contributed by atoms with E-state index in [4.69, 9.17) is 10.8 Å². The third-order valence-corrected chi connectivity index (χ3v) is 1.91. The van der Waals surface area contributed by atoms with E-state index < -0.39 is 12.0 Å². The summed E-state index contributed by atoms with van der Waals surface area (Å²) < 4.78 is 0. The summed E-state index contributed by atoms with van der Waals surface area (Å²) in [5, 5.41) is 8.53. The van der Waals surface area contributed by atoms with Gasteiger partial charge in [0, 0.05) is 0 Å². The molecule has 2 unspecified atom stereocenters. The van der Waals surface area contributed by atoms with Crippen molar-refractivity contribution in [2.75, 3.05) is 0 Å². The molecule has 0 heterocycles. The molecule has 68 valence electrons. The Morgan fingerprint density at radius 1 is 1.58 bits per heavy atom. The molecular weight excluding hydrogens is 165 g/mol. The van der Waals surface area contributed by atoms with Gasteiger partial charge in [-0.3, -0.25) is 4.79 Å². The van der Waals surface area contributed by atoms with E-state index in [0.29, 0.717) is 0 Å². The number of nitrogens with two attached hydrogens (primary N) is 1. The van der Waals surface area contributed by atoms with E-state index in [1.54, 1.807) is 0 Å². The summed E-state index contributed by atoms with van der Waals surface area (Å²) in [5.41, 5.74) is 5.40. The van der Waals surface area contributed by atoms with Crippen molar-refractivity contribution in [1.29, 1.82) is 0 Å². The van der Waals surface area contributed by atoms with Gasteiger partial charge in [0.15, 0.2) is 0 Å². The van der Waals surface area contributed by atoms with Crippen LogP contribution in [0.3, 0.4) is 0 Å². The van der Waals surface area contributed by atoms with Gasteiger partial charge in [-0.1, -0.05) is 26.7 Å². The van der Waals surface area contributed by atoms with Crippen LogP contribution in [-0.2, 0) is 4.79 Å². The minimum atomic E-state index is -0.895. The predicted molar refractivity (Wildman–Crippen MR) is 51.4 cm³/mol. The van der Waals surface area contributed by atoms with Crippen molar-refractivity contribution < 1.29 is 9.90 Å². The van der Waals surface area contributed by atoms with E-state index in [2.05, 4.69) is 6.92 Å². The van der Waals surface area contributed by atoms with Crippen LogP contribution < -0.4 is 5.73 Å². The number of hydrogen-bond donors (Lipinski definition) is 2. The molecule has 2 atom stereocenters. The Bertz CT molecular complexity index is 130. The van der Waals surface area contributed by atoms with E-state index in [1.807, 2.05) is 6.92 Å². The van der Waals surface area contributed by atoms with Crippen LogP contribution in [0.25, 0.3) is 0 Å². The topological polar surface area (TPSA) is 63.3 Å². The normalized spacial score (nSPS) is 14.6. The summed E-state index contributed by atoms with van der Waals surface area (Å²) in [6, 6.07) is -0.693. The maximum atomic E-state index is 10.4. The Morgan fingerprint density at radius 3 is 2.42 bits per heavy atom. The van der Waals surface area contributed by atoms with Gasteiger partial charge in [0.2, 0.25) is 0 Å². The van der Waals surface area contributed by atoms with Crippen LogP contribution in [0.1, 0.15) is 33.1 Å². The van der Waals surface area contributed by atoms with Crippen molar-refractivity contribution in [2.45, 2.75) is 39.2 Å². The first-order valence-corrected chi connectivity index (χ1v) is 4.08. The third-order valence-electron chi connectivity index (χ3n) is 1.91. The van der Waals surface area contributed by atoms with Gasteiger partial charge < -0.3 is 10.8 Å². The molecule has 12 heavy (non-hydrogen) atoms. The Morgan fingerprint density at radius 2 is 2.08 bits per heavy atom. The van der Waals surface area contributed by atoms with Crippen molar-refractivity contribution in [3.05, 3.63) is 0 Å². The molecular formula is C8H18NNaO2. The zero-order valence-electron chi connectivity index (χ0n) is 7.21. The fraction of sp³-hybridized carbons (Fsp3) is 0.875. The molecule has 0 aromatic carbocycles. The summed E-state index contributed by atoms with van der Waals surface area (Å²) in [7, 11) is 0. The predicted octanol–water partition coefficient (Wildman–Crippen LogP) is 0.576.